The quantitative estimate of drug-likeness (QED) is 0.653. The Kier molecular flexibility index (Phi) is 6.26. The lowest BCUT2D eigenvalue weighted by Crippen LogP contribution is -2.37. The van der Waals surface area contributed by atoms with E-state index >= 15 is 0 Å². The molecule has 0 aromatic heterocycles. The minimum absolute atomic E-state index is 0.788. The molecule has 0 saturated carbocycles. The highest BCUT2D eigenvalue weighted by Gasteiger charge is 2.26. The second-order valence-corrected chi connectivity index (χ2v) is 4.79. The Morgan fingerprint density at radius 2 is 2.20 bits per heavy atom. The van der Waals surface area contributed by atoms with E-state index in [4.69, 9.17) is 0 Å². The highest BCUT2D eigenvalue weighted by Crippen LogP contribution is 2.23. The molecule has 2 atom stereocenters. The zero-order chi connectivity index (χ0) is 11.1. The van der Waals surface area contributed by atoms with Gasteiger partial charge in [0.1, 0.15) is 0 Å². The number of nitrogens with zero attached hydrogens (tertiary/aromatic N) is 1. The summed E-state index contributed by atoms with van der Waals surface area (Å²) in [6.07, 6.45) is 6.84. The van der Waals surface area contributed by atoms with Crippen molar-refractivity contribution in [3.8, 4) is 0 Å². The zero-order valence-corrected chi connectivity index (χ0v) is 10.8. The Morgan fingerprint density at radius 3 is 2.87 bits per heavy atom. The molecule has 0 amide bonds. The Bertz CT molecular complexity index is 159. The van der Waals surface area contributed by atoms with E-state index in [2.05, 4.69) is 31.0 Å². The Hall–Kier alpha value is -0.0800. The second-order valence-electron chi connectivity index (χ2n) is 4.79. The molecular weight excluding hydrogens is 184 g/mol. The van der Waals surface area contributed by atoms with Crippen LogP contribution in [0.2, 0.25) is 0 Å². The summed E-state index contributed by atoms with van der Waals surface area (Å²) in [4.78, 5) is 2.73. The average molecular weight is 212 g/mol. The molecule has 0 radical (unpaired) electrons. The smallest absolute Gasteiger partial charge is 0.00959 e. The van der Waals surface area contributed by atoms with Crippen molar-refractivity contribution in [3.05, 3.63) is 0 Å². The largest absolute Gasteiger partial charge is 0.317 e. The van der Waals surface area contributed by atoms with Gasteiger partial charge in [-0.05, 0) is 58.7 Å². The third-order valence-corrected chi connectivity index (χ3v) is 3.69. The van der Waals surface area contributed by atoms with E-state index in [0.29, 0.717) is 0 Å². The molecule has 1 N–H and O–H groups in total. The molecule has 2 nitrogen and oxygen atoms in total. The second kappa shape index (κ2) is 7.24. The standard InChI is InChI=1S/C13H28N2/c1-4-13-9-7-11-15(13)12(3)8-6-10-14-5-2/h12-14H,4-11H2,1-3H3. The van der Waals surface area contributed by atoms with Crippen LogP contribution < -0.4 is 5.32 Å². The van der Waals surface area contributed by atoms with Crippen LogP contribution in [-0.4, -0.2) is 36.6 Å². The lowest BCUT2D eigenvalue weighted by molar-refractivity contribution is 0.177. The molecule has 0 aliphatic carbocycles. The number of rotatable bonds is 7. The van der Waals surface area contributed by atoms with E-state index in [1.165, 1.54) is 45.2 Å². The first-order chi connectivity index (χ1) is 7.29. The van der Waals surface area contributed by atoms with Gasteiger partial charge in [-0.1, -0.05) is 13.8 Å². The van der Waals surface area contributed by atoms with Gasteiger partial charge in [-0.2, -0.15) is 0 Å². The lowest BCUT2D eigenvalue weighted by atomic mass is 10.1. The van der Waals surface area contributed by atoms with E-state index in [-0.39, 0.29) is 0 Å². The predicted molar refractivity (Wildman–Crippen MR) is 67.3 cm³/mol. The van der Waals surface area contributed by atoms with E-state index in [1.54, 1.807) is 0 Å². The molecular formula is C13H28N2. The van der Waals surface area contributed by atoms with Crippen molar-refractivity contribution < 1.29 is 0 Å². The molecule has 0 aromatic rings. The van der Waals surface area contributed by atoms with Crippen molar-refractivity contribution in [2.24, 2.45) is 0 Å². The van der Waals surface area contributed by atoms with Crippen LogP contribution in [0.15, 0.2) is 0 Å². The van der Waals surface area contributed by atoms with Crippen LogP contribution >= 0.6 is 0 Å². The maximum Gasteiger partial charge on any atom is 0.00959 e. The number of hydrogen-bond donors (Lipinski definition) is 1. The maximum absolute atomic E-state index is 3.40. The van der Waals surface area contributed by atoms with Crippen LogP contribution in [0.25, 0.3) is 0 Å². The highest BCUT2D eigenvalue weighted by molar-refractivity contribution is 4.82. The summed E-state index contributed by atoms with van der Waals surface area (Å²) in [6, 6.07) is 1.66. The van der Waals surface area contributed by atoms with Crippen LogP contribution in [0.3, 0.4) is 0 Å². The average Bonchev–Trinajstić information content (AvgIpc) is 2.72. The summed E-state index contributed by atoms with van der Waals surface area (Å²) in [7, 11) is 0. The molecule has 1 rings (SSSR count). The molecule has 1 fully saturated rings. The highest BCUT2D eigenvalue weighted by atomic mass is 15.2. The molecule has 15 heavy (non-hydrogen) atoms. The first-order valence-electron chi connectivity index (χ1n) is 6.76. The van der Waals surface area contributed by atoms with E-state index < -0.39 is 0 Å². The van der Waals surface area contributed by atoms with Crippen LogP contribution in [0, 0.1) is 0 Å². The van der Waals surface area contributed by atoms with Crippen molar-refractivity contribution in [2.45, 2.75) is 65.0 Å². The predicted octanol–water partition coefficient (Wildman–Crippen LogP) is 2.64. The normalized spacial score (nSPS) is 24.6. The molecule has 2 unspecified atom stereocenters. The number of likely N-dealkylation sites (tertiary alicyclic amines) is 1. The Labute approximate surface area is 95.4 Å². The van der Waals surface area contributed by atoms with Gasteiger partial charge in [0, 0.05) is 12.1 Å². The molecule has 0 aromatic carbocycles. The van der Waals surface area contributed by atoms with Crippen molar-refractivity contribution in [1.29, 1.82) is 0 Å². The molecule has 1 saturated heterocycles. The van der Waals surface area contributed by atoms with Crippen molar-refractivity contribution >= 4 is 0 Å². The fourth-order valence-electron chi connectivity index (χ4n) is 2.74. The summed E-state index contributed by atoms with van der Waals surface area (Å²) >= 11 is 0. The summed E-state index contributed by atoms with van der Waals surface area (Å²) < 4.78 is 0. The van der Waals surface area contributed by atoms with Gasteiger partial charge in [0.05, 0.1) is 0 Å². The first-order valence-corrected chi connectivity index (χ1v) is 6.76. The van der Waals surface area contributed by atoms with Gasteiger partial charge in [-0.15, -0.1) is 0 Å². The molecule has 90 valence electrons. The van der Waals surface area contributed by atoms with Crippen LogP contribution in [0.4, 0.5) is 0 Å². The van der Waals surface area contributed by atoms with Crippen molar-refractivity contribution in [1.82, 2.24) is 10.2 Å². The molecule has 1 heterocycles. The van der Waals surface area contributed by atoms with Gasteiger partial charge in [0.15, 0.2) is 0 Å². The fraction of sp³-hybridized carbons (Fsp3) is 1.00. The van der Waals surface area contributed by atoms with Gasteiger partial charge in [-0.3, -0.25) is 4.90 Å². The molecule has 1 aliphatic rings. The molecule has 2 heteroatoms. The van der Waals surface area contributed by atoms with Crippen LogP contribution in [0.5, 0.6) is 0 Å². The van der Waals surface area contributed by atoms with Crippen molar-refractivity contribution in [2.75, 3.05) is 19.6 Å². The van der Waals surface area contributed by atoms with Gasteiger partial charge in [0.2, 0.25) is 0 Å². The third-order valence-electron chi connectivity index (χ3n) is 3.69. The minimum Gasteiger partial charge on any atom is -0.317 e. The first kappa shape index (κ1) is 13.0. The summed E-state index contributed by atoms with van der Waals surface area (Å²) in [5, 5.41) is 3.40. The van der Waals surface area contributed by atoms with Gasteiger partial charge >= 0.3 is 0 Å². The van der Waals surface area contributed by atoms with Gasteiger partial charge < -0.3 is 5.32 Å². The topological polar surface area (TPSA) is 15.3 Å². The third kappa shape index (κ3) is 4.12. The number of nitrogens with one attached hydrogen (secondary N) is 1. The summed E-state index contributed by atoms with van der Waals surface area (Å²) in [6.45, 7) is 10.5. The van der Waals surface area contributed by atoms with E-state index in [1.807, 2.05) is 0 Å². The Balaban J connectivity index is 2.17. The van der Waals surface area contributed by atoms with Crippen LogP contribution in [0.1, 0.15) is 52.9 Å². The van der Waals surface area contributed by atoms with Crippen LogP contribution in [-0.2, 0) is 0 Å². The Morgan fingerprint density at radius 1 is 1.40 bits per heavy atom. The summed E-state index contributed by atoms with van der Waals surface area (Å²) in [5.41, 5.74) is 0. The zero-order valence-electron chi connectivity index (χ0n) is 10.8. The monoisotopic (exact) mass is 212 g/mol. The van der Waals surface area contributed by atoms with Gasteiger partial charge in [0.25, 0.3) is 0 Å². The SMILES string of the molecule is CCNCCCC(C)N1CCCC1CC. The van der Waals surface area contributed by atoms with E-state index in [0.717, 1.165) is 18.6 Å². The van der Waals surface area contributed by atoms with E-state index in [9.17, 15) is 0 Å². The number of hydrogen-bond acceptors (Lipinski definition) is 2. The fourth-order valence-corrected chi connectivity index (χ4v) is 2.74. The maximum atomic E-state index is 3.40. The lowest BCUT2D eigenvalue weighted by Gasteiger charge is -2.30. The molecule has 0 bridgehead atoms. The van der Waals surface area contributed by atoms with Gasteiger partial charge in [-0.25, -0.2) is 0 Å². The molecule has 0 spiro atoms. The summed E-state index contributed by atoms with van der Waals surface area (Å²) in [5.74, 6) is 0. The molecule has 1 aliphatic heterocycles. The van der Waals surface area contributed by atoms with Crippen molar-refractivity contribution in [3.63, 3.8) is 0 Å². The minimum atomic E-state index is 0.788.